The van der Waals surface area contributed by atoms with E-state index in [9.17, 15) is 0 Å². The van der Waals surface area contributed by atoms with Gasteiger partial charge in [-0.1, -0.05) is 0 Å². The van der Waals surface area contributed by atoms with E-state index in [4.69, 9.17) is 0 Å². The standard InChI is InChI=1S/2As2H.Zn/c2*1-2;/h2*1H;/q2*-1;+2. The first kappa shape index (κ1) is 15.7. The third kappa shape index (κ3) is 19.8. The van der Waals surface area contributed by atoms with Gasteiger partial charge in [0.05, 0.1) is 0 Å². The normalized spacial score (nSPS) is 1.60. The fourth-order valence-electron chi connectivity index (χ4n) is 0. The van der Waals surface area contributed by atoms with Crippen LogP contribution in [0.15, 0.2) is 0 Å². The van der Waals surface area contributed by atoms with Gasteiger partial charge in [0.1, 0.15) is 0 Å². The van der Waals surface area contributed by atoms with Crippen LogP contribution in [0.3, 0.4) is 0 Å². The van der Waals surface area contributed by atoms with E-state index in [1.165, 1.54) is 0 Å². The van der Waals surface area contributed by atoms with E-state index < -0.39 is 0 Å². The van der Waals surface area contributed by atoms with Gasteiger partial charge < -0.3 is 0 Å². The molecule has 0 aromatic carbocycles. The molecule has 0 spiro atoms. The van der Waals surface area contributed by atoms with E-state index in [1.807, 2.05) is 28.5 Å². The van der Waals surface area contributed by atoms with Crippen LogP contribution in [0, 0.1) is 0 Å². The van der Waals surface area contributed by atoms with Crippen molar-refractivity contribution >= 4 is 57.0 Å². The number of hydrogen-bond donors (Lipinski definition) is 0. The van der Waals surface area contributed by atoms with Gasteiger partial charge in [-0.15, -0.1) is 0 Å². The Labute approximate surface area is 75.1 Å². The van der Waals surface area contributed by atoms with Crippen molar-refractivity contribution in [2.75, 3.05) is 0 Å². The smallest absolute Gasteiger partial charge is 2.00 e. The van der Waals surface area contributed by atoms with Crippen molar-refractivity contribution in [1.82, 2.24) is 0 Å². The van der Waals surface area contributed by atoms with Crippen LogP contribution in [-0.4, -0.2) is 57.0 Å². The first-order valence-electron chi connectivity index (χ1n) is 0.447. The quantitative estimate of drug-likeness (QED) is 0.432. The van der Waals surface area contributed by atoms with E-state index in [0.29, 0.717) is 0 Å². The van der Waals surface area contributed by atoms with Gasteiger partial charge in [-0.05, 0) is 0 Å². The molecule has 0 radical (unpaired) electrons. The monoisotopic (exact) mass is 366 g/mol. The average Bonchev–Trinajstić information content (AvgIpc) is 1.50. The van der Waals surface area contributed by atoms with E-state index in [1.54, 1.807) is 0 Å². The van der Waals surface area contributed by atoms with Crippen LogP contribution in [-0.2, 0) is 19.5 Å². The summed E-state index contributed by atoms with van der Waals surface area (Å²) < 4.78 is 0. The molecular formula is H2As4Zn. The Morgan fingerprint density at radius 2 is 0.800 bits per heavy atom. The van der Waals surface area contributed by atoms with Gasteiger partial charge in [-0.3, -0.25) is 0 Å². The van der Waals surface area contributed by atoms with Crippen LogP contribution in [0.1, 0.15) is 0 Å². The third-order valence-electron chi connectivity index (χ3n) is 0. The van der Waals surface area contributed by atoms with Gasteiger partial charge in [0.25, 0.3) is 0 Å². The molecule has 0 aliphatic carbocycles. The molecule has 5 heavy (non-hydrogen) atoms. The molecule has 5 heteroatoms. The summed E-state index contributed by atoms with van der Waals surface area (Å²) >= 11 is 8.50. The van der Waals surface area contributed by atoms with Crippen LogP contribution >= 0.6 is 0 Å². The van der Waals surface area contributed by atoms with Crippen LogP contribution < -0.4 is 0 Å². The summed E-state index contributed by atoms with van der Waals surface area (Å²) in [4.78, 5) is 0. The molecule has 0 N–H and O–H groups in total. The minimum Gasteiger partial charge on any atom is 2.00 e. The molecule has 0 aliphatic rings. The van der Waals surface area contributed by atoms with Crippen molar-refractivity contribution in [2.24, 2.45) is 0 Å². The summed E-state index contributed by atoms with van der Waals surface area (Å²) in [5.41, 5.74) is 0. The maximum absolute atomic E-state index is 2.31. The molecule has 0 aliphatic heterocycles. The first-order valence-corrected chi connectivity index (χ1v) is 12.1. The van der Waals surface area contributed by atoms with Gasteiger partial charge in [0, 0.05) is 0 Å². The Morgan fingerprint density at radius 1 is 0.800 bits per heavy atom. The summed E-state index contributed by atoms with van der Waals surface area (Å²) in [7, 11) is 0. The van der Waals surface area contributed by atoms with Crippen molar-refractivity contribution < 1.29 is 19.5 Å². The zero-order valence-electron chi connectivity index (χ0n) is 2.60. The molecule has 0 amide bonds. The average molecular weight is 367 g/mol. The van der Waals surface area contributed by atoms with Crippen molar-refractivity contribution in [3.8, 4) is 0 Å². The minimum absolute atomic E-state index is 0. The van der Waals surface area contributed by atoms with Gasteiger partial charge in [-0.2, -0.15) is 0 Å². The maximum atomic E-state index is 2.31. The second kappa shape index (κ2) is 28.8. The van der Waals surface area contributed by atoms with Gasteiger partial charge >= 0.3 is 76.4 Å². The molecule has 0 nitrogen and oxygen atoms in total. The SMILES string of the molecule is [As-]=[AsH].[As-]=[AsH].[Zn+2]. The largest absolute Gasteiger partial charge is 2.00 e. The number of hydrogen-bond acceptors (Lipinski definition) is 0. The first-order chi connectivity index (χ1) is 2.00. The van der Waals surface area contributed by atoms with E-state index in [-0.39, 0.29) is 19.5 Å². The molecule has 0 rings (SSSR count). The van der Waals surface area contributed by atoms with Crippen LogP contribution in [0.4, 0.5) is 0 Å². The van der Waals surface area contributed by atoms with Crippen molar-refractivity contribution in [1.29, 1.82) is 0 Å². The van der Waals surface area contributed by atoms with E-state index in [0.717, 1.165) is 0 Å². The minimum atomic E-state index is 0. The number of rotatable bonds is 0. The zero-order valence-corrected chi connectivity index (χ0v) is 13.5. The molecule has 0 atom stereocenters. The van der Waals surface area contributed by atoms with E-state index >= 15 is 0 Å². The van der Waals surface area contributed by atoms with Crippen LogP contribution in [0.2, 0.25) is 0 Å². The fourth-order valence-corrected chi connectivity index (χ4v) is 0. The molecule has 0 heterocycles. The molecule has 0 saturated heterocycles. The van der Waals surface area contributed by atoms with Gasteiger partial charge in [-0.25, -0.2) is 0 Å². The van der Waals surface area contributed by atoms with Gasteiger partial charge in [0.15, 0.2) is 0 Å². The Balaban J connectivity index is -0.0000000133. The predicted octanol–water partition coefficient (Wildman–Crippen LogP) is -2.06. The molecule has 24 valence electrons. The van der Waals surface area contributed by atoms with Crippen LogP contribution in [0.25, 0.3) is 0 Å². The zero-order chi connectivity index (χ0) is 4.00. The molecule has 0 unspecified atom stereocenters. The Bertz CT molecular complexity index is 5.61. The van der Waals surface area contributed by atoms with Crippen molar-refractivity contribution in [3.05, 3.63) is 0 Å². The van der Waals surface area contributed by atoms with Crippen molar-refractivity contribution in [3.63, 3.8) is 0 Å². The van der Waals surface area contributed by atoms with E-state index in [2.05, 4.69) is 28.5 Å². The fraction of sp³-hybridized carbons (Fsp3) is 0. The van der Waals surface area contributed by atoms with Crippen molar-refractivity contribution in [2.45, 2.75) is 0 Å². The second-order valence-corrected chi connectivity index (χ2v) is 0. The summed E-state index contributed by atoms with van der Waals surface area (Å²) in [5.74, 6) is 0. The third-order valence-corrected chi connectivity index (χ3v) is 0. The molecular weight excluding hydrogens is 365 g/mol. The summed E-state index contributed by atoms with van der Waals surface area (Å²) in [6.07, 6.45) is 0. The Hall–Kier alpha value is 2.86. The van der Waals surface area contributed by atoms with Crippen LogP contribution in [0.5, 0.6) is 0 Å². The summed E-state index contributed by atoms with van der Waals surface area (Å²) in [5, 5.41) is 0. The maximum Gasteiger partial charge on any atom is 2.00 e. The molecule has 0 aromatic rings. The Morgan fingerprint density at radius 3 is 0.800 bits per heavy atom. The van der Waals surface area contributed by atoms with Gasteiger partial charge in [0.2, 0.25) is 0 Å². The summed E-state index contributed by atoms with van der Waals surface area (Å²) in [6.45, 7) is 0. The Kier molecular flexibility index (Phi) is 90.3. The predicted molar refractivity (Wildman–Crippen MR) is 25.8 cm³/mol. The summed E-state index contributed by atoms with van der Waals surface area (Å²) in [6, 6.07) is 0. The second-order valence-electron chi connectivity index (χ2n) is 0. The molecule has 0 saturated carbocycles. The molecule has 0 aromatic heterocycles. The molecule has 0 bridgehead atoms. The molecule has 0 fully saturated rings. The topological polar surface area (TPSA) is 0 Å².